The lowest BCUT2D eigenvalue weighted by molar-refractivity contribution is 0.101. The summed E-state index contributed by atoms with van der Waals surface area (Å²) in [5, 5.41) is 13.9. The molecule has 6 heteroatoms. The zero-order valence-electron chi connectivity index (χ0n) is 11.8. The first-order chi connectivity index (χ1) is 10.1. The minimum absolute atomic E-state index is 0.181. The molecule has 0 saturated carbocycles. The Hall–Kier alpha value is -2.89. The molecule has 0 aliphatic rings. The second-order valence-electron chi connectivity index (χ2n) is 4.80. The molecule has 0 aliphatic carbocycles. The van der Waals surface area contributed by atoms with E-state index in [0.717, 1.165) is 22.6 Å². The molecule has 2 heterocycles. The molecule has 1 amide bonds. The van der Waals surface area contributed by atoms with Crippen LogP contribution in [0.3, 0.4) is 0 Å². The van der Waals surface area contributed by atoms with E-state index in [-0.39, 0.29) is 5.91 Å². The first-order valence-corrected chi connectivity index (χ1v) is 6.55. The molecule has 2 aromatic heterocycles. The van der Waals surface area contributed by atoms with Gasteiger partial charge in [0.05, 0.1) is 11.4 Å². The van der Waals surface area contributed by atoms with Crippen molar-refractivity contribution in [1.82, 2.24) is 20.0 Å². The van der Waals surface area contributed by atoms with Gasteiger partial charge in [0, 0.05) is 24.5 Å². The molecule has 0 atom stereocenters. The summed E-state index contributed by atoms with van der Waals surface area (Å²) in [4.78, 5) is 12.3. The normalized spacial score (nSPS) is 10.6. The summed E-state index contributed by atoms with van der Waals surface area (Å²) < 4.78 is 1.57. The Morgan fingerprint density at radius 1 is 1.29 bits per heavy atom. The van der Waals surface area contributed by atoms with Crippen molar-refractivity contribution in [2.75, 3.05) is 5.32 Å². The predicted octanol–water partition coefficient (Wildman–Crippen LogP) is 2.37. The van der Waals surface area contributed by atoms with Crippen molar-refractivity contribution in [1.29, 1.82) is 0 Å². The van der Waals surface area contributed by atoms with Crippen LogP contribution in [0.5, 0.6) is 0 Å². The smallest absolute Gasteiger partial charge is 0.273 e. The highest BCUT2D eigenvalue weighted by Crippen LogP contribution is 2.20. The van der Waals surface area contributed by atoms with Gasteiger partial charge in [-0.1, -0.05) is 12.1 Å². The van der Waals surface area contributed by atoms with Crippen molar-refractivity contribution in [2.24, 2.45) is 7.05 Å². The third kappa shape index (κ3) is 2.69. The largest absolute Gasteiger partial charge is 0.321 e. The van der Waals surface area contributed by atoms with Crippen LogP contribution < -0.4 is 5.32 Å². The number of amides is 1. The average molecular weight is 281 g/mol. The van der Waals surface area contributed by atoms with E-state index in [9.17, 15) is 4.79 Å². The minimum Gasteiger partial charge on any atom is -0.321 e. The fourth-order valence-corrected chi connectivity index (χ4v) is 2.20. The van der Waals surface area contributed by atoms with Crippen molar-refractivity contribution in [2.45, 2.75) is 6.92 Å². The predicted molar refractivity (Wildman–Crippen MR) is 79.9 cm³/mol. The maximum absolute atomic E-state index is 12.3. The van der Waals surface area contributed by atoms with E-state index in [4.69, 9.17) is 0 Å². The third-order valence-electron chi connectivity index (χ3n) is 3.17. The van der Waals surface area contributed by atoms with Gasteiger partial charge in [0.2, 0.25) is 0 Å². The number of nitrogens with zero attached hydrogens (tertiary/aromatic N) is 3. The van der Waals surface area contributed by atoms with Crippen molar-refractivity contribution >= 4 is 11.6 Å². The third-order valence-corrected chi connectivity index (χ3v) is 3.17. The van der Waals surface area contributed by atoms with Gasteiger partial charge in [0.1, 0.15) is 5.69 Å². The lowest BCUT2D eigenvalue weighted by atomic mass is 10.1. The van der Waals surface area contributed by atoms with Crippen LogP contribution in [-0.4, -0.2) is 25.9 Å². The van der Waals surface area contributed by atoms with Gasteiger partial charge in [0.25, 0.3) is 5.91 Å². The van der Waals surface area contributed by atoms with Gasteiger partial charge < -0.3 is 5.32 Å². The van der Waals surface area contributed by atoms with Crippen LogP contribution in [0.4, 0.5) is 5.69 Å². The van der Waals surface area contributed by atoms with E-state index in [1.165, 1.54) is 0 Å². The van der Waals surface area contributed by atoms with Gasteiger partial charge in [-0.3, -0.25) is 14.6 Å². The Labute approximate surface area is 121 Å². The lowest BCUT2D eigenvalue weighted by Crippen LogP contribution is -2.16. The fraction of sp³-hybridized carbons (Fsp3) is 0.133. The second-order valence-corrected chi connectivity index (χ2v) is 4.80. The number of hydrogen-bond acceptors (Lipinski definition) is 3. The number of aryl methyl sites for hydroxylation is 2. The van der Waals surface area contributed by atoms with Gasteiger partial charge in [-0.05, 0) is 31.2 Å². The molecule has 0 spiro atoms. The Kier molecular flexibility index (Phi) is 3.27. The van der Waals surface area contributed by atoms with Crippen LogP contribution in [-0.2, 0) is 7.05 Å². The number of hydrogen-bond donors (Lipinski definition) is 2. The van der Waals surface area contributed by atoms with Crippen molar-refractivity contribution in [3.8, 4) is 11.3 Å². The van der Waals surface area contributed by atoms with Crippen LogP contribution in [0.15, 0.2) is 42.6 Å². The molecule has 0 fully saturated rings. The fourth-order valence-electron chi connectivity index (χ4n) is 2.20. The summed E-state index contributed by atoms with van der Waals surface area (Å²) in [7, 11) is 1.75. The molecule has 6 nitrogen and oxygen atoms in total. The molecule has 21 heavy (non-hydrogen) atoms. The Morgan fingerprint density at radius 2 is 2.14 bits per heavy atom. The minimum atomic E-state index is -0.181. The monoisotopic (exact) mass is 281 g/mol. The van der Waals surface area contributed by atoms with Gasteiger partial charge in [-0.25, -0.2) is 0 Å². The second kappa shape index (κ2) is 5.24. The number of rotatable bonds is 3. The Morgan fingerprint density at radius 3 is 2.81 bits per heavy atom. The summed E-state index contributed by atoms with van der Waals surface area (Å²) in [5.74, 6) is -0.181. The molecule has 2 N–H and O–H groups in total. The van der Waals surface area contributed by atoms with Gasteiger partial charge in [-0.15, -0.1) is 0 Å². The number of anilines is 1. The summed E-state index contributed by atoms with van der Waals surface area (Å²) in [6.45, 7) is 1.86. The van der Waals surface area contributed by atoms with E-state index in [2.05, 4.69) is 20.6 Å². The molecule has 3 aromatic rings. The van der Waals surface area contributed by atoms with E-state index >= 15 is 0 Å². The number of carbonyl (C=O) groups is 1. The summed E-state index contributed by atoms with van der Waals surface area (Å²) in [5.41, 5.74) is 3.94. The van der Waals surface area contributed by atoms with E-state index in [0.29, 0.717) is 5.69 Å². The molecule has 0 radical (unpaired) electrons. The van der Waals surface area contributed by atoms with Gasteiger partial charge in [0.15, 0.2) is 0 Å². The summed E-state index contributed by atoms with van der Waals surface area (Å²) in [6.07, 6.45) is 1.69. The zero-order chi connectivity index (χ0) is 14.8. The van der Waals surface area contributed by atoms with Crippen molar-refractivity contribution in [3.05, 3.63) is 54.0 Å². The van der Waals surface area contributed by atoms with E-state index in [1.54, 1.807) is 24.0 Å². The highest BCUT2D eigenvalue weighted by molar-refractivity contribution is 6.03. The quantitative estimate of drug-likeness (QED) is 0.774. The number of H-pyrrole nitrogens is 1. The molecule has 0 bridgehead atoms. The summed E-state index contributed by atoms with van der Waals surface area (Å²) >= 11 is 0. The molecular weight excluding hydrogens is 266 g/mol. The van der Waals surface area contributed by atoms with Crippen molar-refractivity contribution < 1.29 is 4.79 Å². The zero-order valence-corrected chi connectivity index (χ0v) is 11.8. The summed E-state index contributed by atoms with van der Waals surface area (Å²) in [6, 6.07) is 11.2. The number of carbonyl (C=O) groups excluding carboxylic acids is 1. The van der Waals surface area contributed by atoms with E-state index < -0.39 is 0 Å². The SMILES string of the molecule is Cc1cc(C(=O)Nc2cccc(-c3ccn[nH]3)c2)n(C)n1. The standard InChI is InChI=1S/C15H15N5O/c1-10-8-14(20(2)19-10)15(21)17-12-5-3-4-11(9-12)13-6-7-16-18-13/h3-9H,1-2H3,(H,16,18)(H,17,21). The highest BCUT2D eigenvalue weighted by atomic mass is 16.2. The number of nitrogens with one attached hydrogen (secondary N) is 2. The van der Waals surface area contributed by atoms with Gasteiger partial charge in [-0.2, -0.15) is 10.2 Å². The first kappa shape index (κ1) is 13.1. The van der Waals surface area contributed by atoms with Crippen LogP contribution in [0.25, 0.3) is 11.3 Å². The topological polar surface area (TPSA) is 75.6 Å². The Bertz CT molecular complexity index is 773. The first-order valence-electron chi connectivity index (χ1n) is 6.55. The average Bonchev–Trinajstić information content (AvgIpc) is 3.08. The van der Waals surface area contributed by atoms with Crippen LogP contribution >= 0.6 is 0 Å². The van der Waals surface area contributed by atoms with Gasteiger partial charge >= 0.3 is 0 Å². The molecule has 106 valence electrons. The van der Waals surface area contributed by atoms with Crippen LogP contribution in [0.1, 0.15) is 16.2 Å². The molecule has 0 aliphatic heterocycles. The van der Waals surface area contributed by atoms with Crippen LogP contribution in [0.2, 0.25) is 0 Å². The Balaban J connectivity index is 1.84. The van der Waals surface area contributed by atoms with E-state index in [1.807, 2.05) is 37.3 Å². The molecule has 0 unspecified atom stereocenters. The highest BCUT2D eigenvalue weighted by Gasteiger charge is 2.12. The number of aromatic amines is 1. The maximum atomic E-state index is 12.3. The molecule has 0 saturated heterocycles. The molecular formula is C15H15N5O. The van der Waals surface area contributed by atoms with Crippen molar-refractivity contribution in [3.63, 3.8) is 0 Å². The van der Waals surface area contributed by atoms with Crippen LogP contribution in [0, 0.1) is 6.92 Å². The molecule has 1 aromatic carbocycles. The number of aromatic nitrogens is 4. The molecule has 3 rings (SSSR count). The lowest BCUT2D eigenvalue weighted by Gasteiger charge is -2.06. The number of benzene rings is 1. The maximum Gasteiger partial charge on any atom is 0.273 e.